The zero-order valence-electron chi connectivity index (χ0n) is 23.8. The van der Waals surface area contributed by atoms with E-state index in [0.717, 1.165) is 5.71 Å². The number of fused-ring (bicyclic) bond motifs is 2. The fourth-order valence-electron chi connectivity index (χ4n) is 7.03. The smallest absolute Gasteiger partial charge is 0.363 e. The fraction of sp³-hybridized carbons (Fsp3) is 0.452. The van der Waals surface area contributed by atoms with E-state index >= 15 is 0 Å². The molecule has 5 aliphatic rings. The molecule has 1 saturated carbocycles. The highest BCUT2D eigenvalue weighted by Gasteiger charge is 2.53. The Labute approximate surface area is 253 Å². The largest absolute Gasteiger partial charge is 0.545 e. The van der Waals surface area contributed by atoms with Gasteiger partial charge in [0.15, 0.2) is 5.71 Å². The summed E-state index contributed by atoms with van der Waals surface area (Å²) in [5.74, 6) is -10.2. The number of aromatic carboxylic acids is 1. The molecule has 3 saturated heterocycles. The summed E-state index contributed by atoms with van der Waals surface area (Å²) in [6.07, 6.45) is 0.435. The molecule has 4 fully saturated rings. The van der Waals surface area contributed by atoms with Crippen molar-refractivity contribution in [1.82, 2.24) is 5.06 Å². The Hall–Kier alpha value is -4.49. The molecule has 3 atom stereocenters. The Balaban J connectivity index is 1.28. The number of alkyl halides is 4. The van der Waals surface area contributed by atoms with Crippen LogP contribution in [0, 0.1) is 5.92 Å². The average Bonchev–Trinajstić information content (AvgIpc) is 3.28. The predicted molar refractivity (Wildman–Crippen MR) is 144 cm³/mol. The van der Waals surface area contributed by atoms with Crippen molar-refractivity contribution in [2.24, 2.45) is 5.92 Å². The van der Waals surface area contributed by atoms with E-state index in [9.17, 15) is 41.8 Å². The van der Waals surface area contributed by atoms with Crippen LogP contribution in [0.2, 0.25) is 0 Å². The van der Waals surface area contributed by atoms with Gasteiger partial charge in [0.25, 0.3) is 17.7 Å². The summed E-state index contributed by atoms with van der Waals surface area (Å²) in [7, 11) is 0. The van der Waals surface area contributed by atoms with Gasteiger partial charge in [-0.15, -0.1) is 5.06 Å². The molecule has 2 amide bonds. The molecular formula is C31H27F4N3O7. The van der Waals surface area contributed by atoms with Crippen LogP contribution in [0.3, 0.4) is 0 Å². The lowest BCUT2D eigenvalue weighted by Gasteiger charge is -2.45. The number of halogens is 4. The number of hydrogen-bond acceptors (Lipinski definition) is 8. The number of hydroxylamine groups is 2. The number of amides is 2. The van der Waals surface area contributed by atoms with Crippen molar-refractivity contribution in [2.75, 3.05) is 31.1 Å². The fourth-order valence-corrected chi connectivity index (χ4v) is 7.03. The van der Waals surface area contributed by atoms with Gasteiger partial charge in [0, 0.05) is 54.0 Å². The first-order chi connectivity index (χ1) is 21.3. The van der Waals surface area contributed by atoms with E-state index in [1.54, 1.807) is 22.8 Å². The van der Waals surface area contributed by atoms with Crippen molar-refractivity contribution in [2.45, 2.75) is 56.0 Å². The number of imide groups is 1. The van der Waals surface area contributed by atoms with Crippen molar-refractivity contribution in [3.8, 4) is 5.75 Å². The van der Waals surface area contributed by atoms with Gasteiger partial charge in [0.05, 0.1) is 31.0 Å². The summed E-state index contributed by atoms with van der Waals surface area (Å²) in [4.78, 5) is 56.0. The highest BCUT2D eigenvalue weighted by atomic mass is 19.3. The number of nitrogens with zero attached hydrogens (tertiary/aromatic N) is 3. The first-order valence-corrected chi connectivity index (χ1v) is 14.6. The molecule has 4 aliphatic heterocycles. The maximum Gasteiger partial charge on any atom is 0.363 e. The third kappa shape index (κ3) is 5.19. The summed E-state index contributed by atoms with van der Waals surface area (Å²) in [6.45, 7) is -1.73. The molecule has 2 aromatic carbocycles. The van der Waals surface area contributed by atoms with Crippen molar-refractivity contribution in [3.05, 3.63) is 58.7 Å². The number of rotatable bonds is 5. The van der Waals surface area contributed by atoms with E-state index in [0.29, 0.717) is 41.3 Å². The molecule has 2 aromatic rings. The van der Waals surface area contributed by atoms with E-state index in [2.05, 4.69) is 0 Å². The second kappa shape index (κ2) is 10.3. The Morgan fingerprint density at radius 3 is 2.29 bits per heavy atom. The van der Waals surface area contributed by atoms with Gasteiger partial charge in [-0.1, -0.05) is 12.1 Å². The molecule has 0 aromatic heterocycles. The zero-order chi connectivity index (χ0) is 31.8. The van der Waals surface area contributed by atoms with Crippen molar-refractivity contribution >= 4 is 35.2 Å². The van der Waals surface area contributed by atoms with Gasteiger partial charge >= 0.3 is 11.9 Å². The summed E-state index contributed by atoms with van der Waals surface area (Å²) in [5.41, 5.74) is 1.71. The van der Waals surface area contributed by atoms with Crippen LogP contribution in [-0.2, 0) is 14.4 Å². The first kappa shape index (κ1) is 29.2. The number of carbonyl (C=O) groups excluding carboxylic acids is 4. The van der Waals surface area contributed by atoms with Gasteiger partial charge in [-0.25, -0.2) is 18.2 Å². The Kier molecular flexibility index (Phi) is 6.68. The highest BCUT2D eigenvalue weighted by molar-refractivity contribution is 6.03. The molecular weight excluding hydrogens is 602 g/mol. The van der Waals surface area contributed by atoms with Crippen molar-refractivity contribution in [3.63, 3.8) is 0 Å². The monoisotopic (exact) mass is 629 g/mol. The Morgan fingerprint density at radius 1 is 0.933 bits per heavy atom. The molecule has 10 nitrogen and oxygen atoms in total. The zero-order valence-corrected chi connectivity index (χ0v) is 23.8. The predicted octanol–water partition coefficient (Wildman–Crippen LogP) is 2.52. The van der Waals surface area contributed by atoms with Crippen molar-refractivity contribution < 1.29 is 56.0 Å². The Morgan fingerprint density at radius 2 is 1.64 bits per heavy atom. The molecule has 0 radical (unpaired) electrons. The Bertz CT molecular complexity index is 1660. The van der Waals surface area contributed by atoms with Crippen molar-refractivity contribution in [1.29, 1.82) is 0 Å². The SMILES string of the molecule is O=C(ON1C(=O)CCC1=O)c1ccc(C(=O)[O-])c(C2c3ccc(N4CC(F)(F)C4)cc3OC3CC(=[N+]4CC(F)(F)C4)CCC32)c1. The van der Waals surface area contributed by atoms with Crippen LogP contribution in [0.15, 0.2) is 36.4 Å². The molecule has 14 heteroatoms. The molecule has 7 rings (SSSR count). The van der Waals surface area contributed by atoms with Gasteiger partial charge in [0.2, 0.25) is 13.1 Å². The summed E-state index contributed by atoms with van der Waals surface area (Å²) < 4.78 is 62.7. The summed E-state index contributed by atoms with van der Waals surface area (Å²) >= 11 is 0. The average molecular weight is 630 g/mol. The lowest BCUT2D eigenvalue weighted by atomic mass is 9.68. The second-order valence-corrected chi connectivity index (χ2v) is 12.3. The second-order valence-electron chi connectivity index (χ2n) is 12.3. The van der Waals surface area contributed by atoms with Crippen LogP contribution in [0.25, 0.3) is 0 Å². The summed E-state index contributed by atoms with van der Waals surface area (Å²) in [6, 6.07) is 8.66. The topological polar surface area (TPSA) is 119 Å². The van der Waals surface area contributed by atoms with Crippen LogP contribution < -0.4 is 14.7 Å². The molecule has 4 heterocycles. The van der Waals surface area contributed by atoms with E-state index in [1.165, 1.54) is 23.1 Å². The molecule has 0 bridgehead atoms. The van der Waals surface area contributed by atoms with Gasteiger partial charge in [-0.05, 0) is 30.2 Å². The minimum Gasteiger partial charge on any atom is -0.545 e. The van der Waals surface area contributed by atoms with E-state index < -0.39 is 73.8 Å². The number of hydrogen-bond donors (Lipinski definition) is 0. The van der Waals surface area contributed by atoms with Gasteiger partial charge in [0.1, 0.15) is 11.9 Å². The number of ether oxygens (including phenoxy) is 1. The molecule has 236 valence electrons. The van der Waals surface area contributed by atoms with E-state index in [1.807, 2.05) is 0 Å². The molecule has 3 unspecified atom stereocenters. The highest BCUT2D eigenvalue weighted by Crippen LogP contribution is 2.51. The molecule has 0 N–H and O–H groups in total. The molecule has 0 spiro atoms. The summed E-state index contributed by atoms with van der Waals surface area (Å²) in [5, 5.41) is 12.8. The molecule has 1 aliphatic carbocycles. The van der Waals surface area contributed by atoms with Gasteiger partial charge < -0.3 is 24.4 Å². The van der Waals surface area contributed by atoms with E-state index in [4.69, 9.17) is 9.57 Å². The number of benzene rings is 2. The van der Waals surface area contributed by atoms with Gasteiger partial charge in [-0.3, -0.25) is 9.59 Å². The standard InChI is InChI=1S/C31H27F4N3O7/c32-30(33)12-36(13-30)17-2-5-20-23(10-17)44-24-11-18(37-14-31(34,35)15-37)3-6-21(24)27(20)22-9-16(1-4-19(22)28(41)42)29(43)45-38-25(39)7-8-26(38)40/h1-2,4-5,9-10,21,24,27H,3,6-8,11-15H2. The number of carbonyl (C=O) groups is 4. The lowest BCUT2D eigenvalue weighted by Crippen LogP contribution is -2.56. The van der Waals surface area contributed by atoms with Crippen LogP contribution in [0.4, 0.5) is 23.2 Å². The lowest BCUT2D eigenvalue weighted by molar-refractivity contribution is -0.641. The van der Waals surface area contributed by atoms with E-state index in [-0.39, 0.29) is 35.4 Å². The van der Waals surface area contributed by atoms with Crippen LogP contribution >= 0.6 is 0 Å². The minimum absolute atomic E-state index is 0.103. The normalized spacial score (nSPS) is 26.4. The van der Waals surface area contributed by atoms with Crippen LogP contribution in [-0.4, -0.2) is 83.2 Å². The first-order valence-electron chi connectivity index (χ1n) is 14.6. The number of carboxylic acids is 1. The quantitative estimate of drug-likeness (QED) is 0.281. The number of carboxylic acid groups (broad SMARTS) is 1. The third-order valence-electron chi connectivity index (χ3n) is 9.24. The van der Waals surface area contributed by atoms with Crippen LogP contribution in [0.1, 0.15) is 69.9 Å². The maximum absolute atomic E-state index is 13.7. The third-order valence-corrected chi connectivity index (χ3v) is 9.24. The minimum atomic E-state index is -2.82. The van der Waals surface area contributed by atoms with Gasteiger partial charge in [-0.2, -0.15) is 8.78 Å². The maximum atomic E-state index is 13.7. The van der Waals surface area contributed by atoms with Crippen LogP contribution in [0.5, 0.6) is 5.75 Å². The number of anilines is 1. The molecule has 45 heavy (non-hydrogen) atoms.